The summed E-state index contributed by atoms with van der Waals surface area (Å²) in [6.45, 7) is 2.43. The molecule has 4 heteroatoms. The smallest absolute Gasteiger partial charge is 0.101 e. The third-order valence-corrected chi connectivity index (χ3v) is 5.12. The van der Waals surface area contributed by atoms with Crippen molar-refractivity contribution >= 4 is 11.6 Å². The van der Waals surface area contributed by atoms with Gasteiger partial charge in [0.1, 0.15) is 6.04 Å². The molecule has 2 nitrogen and oxygen atoms in total. The average molecular weight is 335 g/mol. The lowest BCUT2D eigenvalue weighted by Gasteiger charge is -2.34. The number of nitrogens with zero attached hydrogens (tertiary/aromatic N) is 1. The summed E-state index contributed by atoms with van der Waals surface area (Å²) < 4.78 is 0. The fourth-order valence-corrected chi connectivity index (χ4v) is 4.03. The lowest BCUT2D eigenvalue weighted by atomic mass is 9.96. The van der Waals surface area contributed by atoms with Gasteiger partial charge in [-0.25, -0.2) is 0 Å². The van der Waals surface area contributed by atoms with Crippen LogP contribution in [-0.4, -0.2) is 30.1 Å². The number of benzene rings is 2. The molecule has 0 aromatic heterocycles. The second kappa shape index (κ2) is 6.59. The van der Waals surface area contributed by atoms with Crippen molar-refractivity contribution in [2.75, 3.05) is 13.1 Å². The van der Waals surface area contributed by atoms with Crippen molar-refractivity contribution in [2.45, 2.75) is 24.5 Å². The quantitative estimate of drug-likeness (QED) is 0.798. The van der Waals surface area contributed by atoms with Crippen LogP contribution in [0.2, 0.25) is 5.02 Å². The van der Waals surface area contributed by atoms with E-state index in [0.29, 0.717) is 12.1 Å². The molecule has 3 atom stereocenters. The maximum atomic E-state index is 6.07. The molecule has 0 spiro atoms. The average Bonchev–Trinajstić information content (AvgIpc) is 3.14. The van der Waals surface area contributed by atoms with Crippen molar-refractivity contribution in [2.24, 2.45) is 0 Å². The molecular formula is C18H20Cl2N2. The van der Waals surface area contributed by atoms with Crippen molar-refractivity contribution in [3.8, 4) is 0 Å². The Balaban J connectivity index is 0.00000144. The summed E-state index contributed by atoms with van der Waals surface area (Å²) in [4.78, 5) is 2.68. The zero-order valence-electron chi connectivity index (χ0n) is 12.3. The number of quaternary nitrogens is 1. The number of hydrogen-bond acceptors (Lipinski definition) is 1. The Bertz CT molecular complexity index is 615. The molecule has 2 saturated heterocycles. The van der Waals surface area contributed by atoms with Crippen LogP contribution in [0.25, 0.3) is 0 Å². The van der Waals surface area contributed by atoms with Gasteiger partial charge in [0.15, 0.2) is 0 Å². The molecule has 4 rings (SSSR count). The van der Waals surface area contributed by atoms with Crippen molar-refractivity contribution < 1.29 is 17.7 Å². The van der Waals surface area contributed by atoms with E-state index in [1.807, 2.05) is 12.1 Å². The molecule has 116 valence electrons. The Morgan fingerprint density at radius 2 is 1.68 bits per heavy atom. The number of halogens is 2. The highest BCUT2D eigenvalue weighted by Gasteiger charge is 2.44. The van der Waals surface area contributed by atoms with Crippen LogP contribution in [-0.2, 0) is 0 Å². The Morgan fingerprint density at radius 1 is 1.00 bits per heavy atom. The van der Waals surface area contributed by atoms with E-state index in [4.69, 9.17) is 11.6 Å². The first-order valence-corrected chi connectivity index (χ1v) is 8.08. The maximum Gasteiger partial charge on any atom is 0.101 e. The first-order chi connectivity index (χ1) is 10.3. The lowest BCUT2D eigenvalue weighted by Crippen LogP contribution is -3.00. The molecule has 2 aliphatic heterocycles. The number of hydrogen-bond donors (Lipinski definition) is 1. The highest BCUT2D eigenvalue weighted by atomic mass is 35.5. The molecular weight excluding hydrogens is 315 g/mol. The fraction of sp³-hybridized carbons (Fsp3) is 0.333. The summed E-state index contributed by atoms with van der Waals surface area (Å²) in [6.07, 6.45) is 1.33. The number of rotatable bonds is 3. The Kier molecular flexibility index (Phi) is 4.74. The minimum Gasteiger partial charge on any atom is -1.00 e. The third-order valence-electron chi connectivity index (χ3n) is 4.86. The lowest BCUT2D eigenvalue weighted by molar-refractivity contribution is -0.678. The summed E-state index contributed by atoms with van der Waals surface area (Å²) in [5, 5.41) is 3.31. The monoisotopic (exact) mass is 334 g/mol. The van der Waals surface area contributed by atoms with Gasteiger partial charge in [0.2, 0.25) is 0 Å². The van der Waals surface area contributed by atoms with Gasteiger partial charge in [0.25, 0.3) is 0 Å². The van der Waals surface area contributed by atoms with E-state index in [2.05, 4.69) is 52.7 Å². The summed E-state index contributed by atoms with van der Waals surface area (Å²) >= 11 is 6.07. The predicted molar refractivity (Wildman–Crippen MR) is 85.4 cm³/mol. The molecule has 0 aliphatic carbocycles. The first-order valence-electron chi connectivity index (χ1n) is 7.71. The van der Waals surface area contributed by atoms with Crippen LogP contribution < -0.4 is 17.7 Å². The van der Waals surface area contributed by atoms with E-state index in [0.717, 1.165) is 11.1 Å². The van der Waals surface area contributed by atoms with Gasteiger partial charge in [-0.1, -0.05) is 54.1 Å². The van der Waals surface area contributed by atoms with Gasteiger partial charge < -0.3 is 17.7 Å². The summed E-state index contributed by atoms with van der Waals surface area (Å²) in [5.41, 5.74) is 2.73. The van der Waals surface area contributed by atoms with Gasteiger partial charge in [-0.3, -0.25) is 4.90 Å². The van der Waals surface area contributed by atoms with Crippen molar-refractivity contribution in [3.63, 3.8) is 0 Å². The zero-order valence-corrected chi connectivity index (χ0v) is 13.8. The van der Waals surface area contributed by atoms with E-state index >= 15 is 0 Å². The minimum absolute atomic E-state index is 0. The largest absolute Gasteiger partial charge is 1.00 e. The molecule has 0 saturated carbocycles. The predicted octanol–water partition coefficient (Wildman–Crippen LogP) is -0.547. The molecule has 22 heavy (non-hydrogen) atoms. The molecule has 3 unspecified atom stereocenters. The highest BCUT2D eigenvalue weighted by molar-refractivity contribution is 6.30. The number of nitrogens with two attached hydrogens (primary N) is 1. The maximum absolute atomic E-state index is 6.07. The Hall–Kier alpha value is -1.06. The van der Waals surface area contributed by atoms with Gasteiger partial charge in [-0.15, -0.1) is 0 Å². The molecule has 0 radical (unpaired) electrons. The highest BCUT2D eigenvalue weighted by Crippen LogP contribution is 2.35. The van der Waals surface area contributed by atoms with Crippen LogP contribution in [0.15, 0.2) is 54.6 Å². The number of likely N-dealkylation sites (tertiary alicyclic amines) is 1. The van der Waals surface area contributed by atoms with Crippen LogP contribution in [0.3, 0.4) is 0 Å². The van der Waals surface area contributed by atoms with E-state index in [-0.39, 0.29) is 12.4 Å². The molecule has 2 fully saturated rings. The standard InChI is InChI=1S/C18H19ClN2.ClH/c19-15-8-6-14(7-9-15)18(13-4-2-1-3-5-13)21-12-16-10-17(21)11-20-16;/h1-9,16-18,20H,10-12H2;1H. The van der Waals surface area contributed by atoms with Crippen LogP contribution in [0, 0.1) is 0 Å². The van der Waals surface area contributed by atoms with E-state index in [1.165, 1.54) is 30.6 Å². The topological polar surface area (TPSA) is 19.9 Å². The van der Waals surface area contributed by atoms with E-state index in [1.54, 1.807) is 0 Å². The van der Waals surface area contributed by atoms with Gasteiger partial charge in [0, 0.05) is 11.4 Å². The second-order valence-electron chi connectivity index (χ2n) is 6.18. The van der Waals surface area contributed by atoms with Gasteiger partial charge >= 0.3 is 0 Å². The van der Waals surface area contributed by atoms with Gasteiger partial charge in [-0.05, 0) is 23.3 Å². The van der Waals surface area contributed by atoms with Crippen molar-refractivity contribution in [1.82, 2.24) is 4.90 Å². The van der Waals surface area contributed by atoms with Crippen LogP contribution in [0.5, 0.6) is 0 Å². The zero-order chi connectivity index (χ0) is 14.2. The SMILES string of the molecule is Clc1ccc(C(c2ccccc2)N2CC3CC2C[NH2+]3)cc1.[Cl-]. The molecule has 2 aliphatic rings. The summed E-state index contributed by atoms with van der Waals surface area (Å²) in [5.74, 6) is 0. The van der Waals surface area contributed by atoms with E-state index in [9.17, 15) is 0 Å². The molecule has 2 N–H and O–H groups in total. The molecule has 2 bridgehead atoms. The second-order valence-corrected chi connectivity index (χ2v) is 6.62. The number of fused-ring (bicyclic) bond motifs is 2. The third kappa shape index (κ3) is 2.89. The van der Waals surface area contributed by atoms with E-state index < -0.39 is 0 Å². The molecule has 2 aromatic carbocycles. The van der Waals surface area contributed by atoms with Gasteiger partial charge in [0.05, 0.1) is 25.2 Å². The van der Waals surface area contributed by atoms with Crippen LogP contribution in [0.1, 0.15) is 23.6 Å². The summed E-state index contributed by atoms with van der Waals surface area (Å²) in [6, 6.07) is 21.1. The summed E-state index contributed by atoms with van der Waals surface area (Å²) in [7, 11) is 0. The molecule has 2 aromatic rings. The molecule has 2 heterocycles. The Morgan fingerprint density at radius 3 is 2.27 bits per heavy atom. The fourth-order valence-electron chi connectivity index (χ4n) is 3.90. The minimum atomic E-state index is 0. The number of piperazine rings is 1. The first kappa shape index (κ1) is 15.8. The van der Waals surface area contributed by atoms with Crippen molar-refractivity contribution in [1.29, 1.82) is 0 Å². The Labute approximate surface area is 142 Å². The van der Waals surface area contributed by atoms with Crippen molar-refractivity contribution in [3.05, 3.63) is 70.7 Å². The van der Waals surface area contributed by atoms with Crippen LogP contribution >= 0.6 is 11.6 Å². The molecule has 0 amide bonds. The normalized spacial score (nSPS) is 25.0. The van der Waals surface area contributed by atoms with Crippen LogP contribution in [0.4, 0.5) is 0 Å². The van der Waals surface area contributed by atoms with Gasteiger partial charge in [-0.2, -0.15) is 0 Å².